The van der Waals surface area contributed by atoms with Crippen molar-refractivity contribution in [1.82, 2.24) is 5.43 Å². The van der Waals surface area contributed by atoms with Gasteiger partial charge in [-0.25, -0.2) is 0 Å². The standard InChI is InChI=1S/C9H14Br2N2S/c1-3-5(2)8(13-12)6-4-7(10)14-9(6)11/h4-5,8,13H,3,12H2,1-2H3. The van der Waals surface area contributed by atoms with E-state index in [1.54, 1.807) is 11.3 Å². The Bertz CT molecular complexity index is 301. The number of rotatable bonds is 4. The number of thiophene rings is 1. The van der Waals surface area contributed by atoms with Gasteiger partial charge in [0.15, 0.2) is 0 Å². The van der Waals surface area contributed by atoms with Gasteiger partial charge in [-0.15, -0.1) is 11.3 Å². The van der Waals surface area contributed by atoms with E-state index in [4.69, 9.17) is 5.84 Å². The van der Waals surface area contributed by atoms with Crippen LogP contribution in [0.15, 0.2) is 13.6 Å². The van der Waals surface area contributed by atoms with Gasteiger partial charge in [0.05, 0.1) is 13.6 Å². The minimum Gasteiger partial charge on any atom is -0.271 e. The molecule has 80 valence electrons. The van der Waals surface area contributed by atoms with Crippen LogP contribution in [-0.4, -0.2) is 0 Å². The van der Waals surface area contributed by atoms with Gasteiger partial charge >= 0.3 is 0 Å². The number of nitrogens with one attached hydrogen (secondary N) is 1. The first-order valence-corrected chi connectivity index (χ1v) is 6.91. The highest BCUT2D eigenvalue weighted by Crippen LogP contribution is 2.38. The minimum atomic E-state index is 0.219. The minimum absolute atomic E-state index is 0.219. The lowest BCUT2D eigenvalue weighted by molar-refractivity contribution is 0.383. The summed E-state index contributed by atoms with van der Waals surface area (Å²) >= 11 is 8.70. The SMILES string of the molecule is CCC(C)C(NN)c1cc(Br)sc1Br. The summed E-state index contributed by atoms with van der Waals surface area (Å²) in [4.78, 5) is 0. The summed E-state index contributed by atoms with van der Waals surface area (Å²) in [5, 5.41) is 0. The van der Waals surface area contributed by atoms with Gasteiger partial charge in [0.2, 0.25) is 0 Å². The summed E-state index contributed by atoms with van der Waals surface area (Å²) in [5.74, 6) is 6.10. The zero-order valence-electron chi connectivity index (χ0n) is 8.18. The normalized spacial score (nSPS) is 15.5. The van der Waals surface area contributed by atoms with E-state index in [9.17, 15) is 0 Å². The van der Waals surface area contributed by atoms with Crippen molar-refractivity contribution >= 4 is 43.2 Å². The smallest absolute Gasteiger partial charge is 0.0758 e. The van der Waals surface area contributed by atoms with Crippen molar-refractivity contribution < 1.29 is 0 Å². The van der Waals surface area contributed by atoms with Gasteiger partial charge in [-0.1, -0.05) is 20.3 Å². The van der Waals surface area contributed by atoms with Crippen LogP contribution in [0.3, 0.4) is 0 Å². The molecular weight excluding hydrogens is 328 g/mol. The Hall–Kier alpha value is 0.580. The molecule has 2 atom stereocenters. The second-order valence-electron chi connectivity index (χ2n) is 3.31. The zero-order valence-corrected chi connectivity index (χ0v) is 12.2. The van der Waals surface area contributed by atoms with Crippen LogP contribution >= 0.6 is 43.2 Å². The van der Waals surface area contributed by atoms with Crippen molar-refractivity contribution in [3.05, 3.63) is 19.2 Å². The molecule has 0 fully saturated rings. The lowest BCUT2D eigenvalue weighted by atomic mass is 9.95. The number of halogens is 2. The Balaban J connectivity index is 2.94. The van der Waals surface area contributed by atoms with Gasteiger partial charge < -0.3 is 0 Å². The summed E-state index contributed by atoms with van der Waals surface area (Å²) in [5.41, 5.74) is 4.11. The van der Waals surface area contributed by atoms with Crippen LogP contribution in [0, 0.1) is 5.92 Å². The van der Waals surface area contributed by atoms with Gasteiger partial charge in [-0.05, 0) is 49.4 Å². The van der Waals surface area contributed by atoms with Crippen LogP contribution in [0.5, 0.6) is 0 Å². The highest BCUT2D eigenvalue weighted by molar-refractivity contribution is 9.12. The Labute approximate surface area is 105 Å². The Morgan fingerprint density at radius 3 is 2.57 bits per heavy atom. The van der Waals surface area contributed by atoms with Gasteiger partial charge in [-0.3, -0.25) is 11.3 Å². The van der Waals surface area contributed by atoms with Crippen LogP contribution in [0.25, 0.3) is 0 Å². The summed E-state index contributed by atoms with van der Waals surface area (Å²) in [6.45, 7) is 4.37. The van der Waals surface area contributed by atoms with Gasteiger partial charge in [0, 0.05) is 0 Å². The van der Waals surface area contributed by atoms with E-state index < -0.39 is 0 Å². The first-order chi connectivity index (χ1) is 6.60. The third-order valence-electron chi connectivity index (χ3n) is 2.41. The van der Waals surface area contributed by atoms with Crippen molar-refractivity contribution in [3.8, 4) is 0 Å². The molecule has 0 saturated heterocycles. The quantitative estimate of drug-likeness (QED) is 0.645. The summed E-state index contributed by atoms with van der Waals surface area (Å²) in [7, 11) is 0. The molecule has 1 heterocycles. The molecule has 1 aromatic heterocycles. The van der Waals surface area contributed by atoms with Crippen molar-refractivity contribution in [1.29, 1.82) is 0 Å². The van der Waals surface area contributed by atoms with Crippen LogP contribution in [-0.2, 0) is 0 Å². The van der Waals surface area contributed by atoms with E-state index in [-0.39, 0.29) is 6.04 Å². The third-order valence-corrected chi connectivity index (χ3v) is 4.80. The molecule has 0 spiro atoms. The highest BCUT2D eigenvalue weighted by atomic mass is 79.9. The monoisotopic (exact) mass is 340 g/mol. The van der Waals surface area contributed by atoms with Crippen molar-refractivity contribution in [2.24, 2.45) is 11.8 Å². The molecule has 1 aromatic rings. The predicted octanol–water partition coefficient (Wildman–Crippen LogP) is 3.82. The molecule has 2 nitrogen and oxygen atoms in total. The lowest BCUT2D eigenvalue weighted by Gasteiger charge is -2.21. The van der Waals surface area contributed by atoms with Crippen LogP contribution in [0.1, 0.15) is 31.9 Å². The Morgan fingerprint density at radius 2 is 2.21 bits per heavy atom. The number of hydrazine groups is 1. The maximum absolute atomic E-state index is 5.58. The summed E-state index contributed by atoms with van der Waals surface area (Å²) < 4.78 is 2.27. The number of nitrogens with two attached hydrogens (primary N) is 1. The molecule has 0 aromatic carbocycles. The molecule has 0 bridgehead atoms. The molecule has 0 aliphatic carbocycles. The Kier molecular flexibility index (Phi) is 5.06. The third kappa shape index (κ3) is 2.79. The fourth-order valence-corrected chi connectivity index (χ4v) is 4.29. The fourth-order valence-electron chi connectivity index (χ4n) is 1.36. The van der Waals surface area contributed by atoms with E-state index in [1.807, 2.05) is 0 Å². The molecule has 0 saturated carbocycles. The highest BCUT2D eigenvalue weighted by Gasteiger charge is 2.20. The van der Waals surface area contributed by atoms with E-state index in [2.05, 4.69) is 57.2 Å². The van der Waals surface area contributed by atoms with Crippen LogP contribution in [0.4, 0.5) is 0 Å². The molecule has 0 amide bonds. The van der Waals surface area contributed by atoms with Gasteiger partial charge in [-0.2, -0.15) is 0 Å². The fraction of sp³-hybridized carbons (Fsp3) is 0.556. The number of hydrogen-bond donors (Lipinski definition) is 2. The first kappa shape index (κ1) is 12.6. The maximum atomic E-state index is 5.58. The second kappa shape index (κ2) is 5.61. The molecule has 0 radical (unpaired) electrons. The summed E-state index contributed by atoms with van der Waals surface area (Å²) in [6.07, 6.45) is 1.11. The molecule has 0 aliphatic heterocycles. The average molecular weight is 342 g/mol. The zero-order chi connectivity index (χ0) is 10.7. The molecule has 2 unspecified atom stereocenters. The van der Waals surface area contributed by atoms with Gasteiger partial charge in [0.25, 0.3) is 0 Å². The van der Waals surface area contributed by atoms with Crippen LogP contribution < -0.4 is 11.3 Å². The number of hydrogen-bond acceptors (Lipinski definition) is 3. The van der Waals surface area contributed by atoms with Crippen molar-refractivity contribution in [3.63, 3.8) is 0 Å². The molecule has 14 heavy (non-hydrogen) atoms. The predicted molar refractivity (Wildman–Crippen MR) is 69.2 cm³/mol. The lowest BCUT2D eigenvalue weighted by Crippen LogP contribution is -2.32. The molecule has 1 rings (SSSR count). The topological polar surface area (TPSA) is 38.0 Å². The van der Waals surface area contributed by atoms with E-state index >= 15 is 0 Å². The average Bonchev–Trinajstić information content (AvgIpc) is 2.47. The van der Waals surface area contributed by atoms with E-state index in [0.717, 1.165) is 14.0 Å². The van der Waals surface area contributed by atoms with E-state index in [0.29, 0.717) is 5.92 Å². The van der Waals surface area contributed by atoms with Crippen molar-refractivity contribution in [2.45, 2.75) is 26.3 Å². The second-order valence-corrected chi connectivity index (χ2v) is 7.06. The summed E-state index contributed by atoms with van der Waals surface area (Å²) in [6, 6.07) is 2.34. The Morgan fingerprint density at radius 1 is 1.57 bits per heavy atom. The molecular formula is C9H14Br2N2S. The first-order valence-electron chi connectivity index (χ1n) is 4.51. The van der Waals surface area contributed by atoms with E-state index in [1.165, 1.54) is 5.56 Å². The van der Waals surface area contributed by atoms with Gasteiger partial charge in [0.1, 0.15) is 0 Å². The maximum Gasteiger partial charge on any atom is 0.0758 e. The van der Waals surface area contributed by atoms with Crippen LogP contribution in [0.2, 0.25) is 0 Å². The molecule has 0 aliphatic rings. The van der Waals surface area contributed by atoms with Crippen molar-refractivity contribution in [2.75, 3.05) is 0 Å². The largest absolute Gasteiger partial charge is 0.271 e. The molecule has 3 N–H and O–H groups in total. The molecule has 5 heteroatoms.